The molecule has 0 spiro atoms. The molecule has 3 heteroatoms. The number of hydrogen-bond acceptors (Lipinski definition) is 3. The molecule has 1 aromatic heterocycles. The lowest BCUT2D eigenvalue weighted by atomic mass is 9.95. The predicted octanol–water partition coefficient (Wildman–Crippen LogP) is 1.58. The summed E-state index contributed by atoms with van der Waals surface area (Å²) in [6.07, 6.45) is 3.70. The minimum Gasteiger partial charge on any atom is -0.383 e. The Labute approximate surface area is 85.5 Å². The maximum atomic E-state index is 5.76. The molecule has 0 radical (unpaired) electrons. The molecule has 0 aliphatic heterocycles. The van der Waals surface area contributed by atoms with Gasteiger partial charge in [-0.25, -0.2) is 4.98 Å². The summed E-state index contributed by atoms with van der Waals surface area (Å²) >= 11 is 0. The fraction of sp³-hybridized carbons (Fsp3) is 0.545. The summed E-state index contributed by atoms with van der Waals surface area (Å²) in [6.45, 7) is 4.22. The normalized spacial score (nSPS) is 15.1. The molecule has 2 unspecified atom stereocenters. The summed E-state index contributed by atoms with van der Waals surface area (Å²) in [7, 11) is 0. The SMILES string of the molecule is CC(N)CC(C)Cc1cccnc1N. The van der Waals surface area contributed by atoms with E-state index in [1.54, 1.807) is 6.20 Å². The van der Waals surface area contributed by atoms with Crippen LogP contribution in [0.25, 0.3) is 0 Å². The Morgan fingerprint density at radius 2 is 2.14 bits per heavy atom. The monoisotopic (exact) mass is 193 g/mol. The van der Waals surface area contributed by atoms with Crippen LogP contribution in [0.1, 0.15) is 25.8 Å². The topological polar surface area (TPSA) is 64.9 Å². The van der Waals surface area contributed by atoms with Gasteiger partial charge >= 0.3 is 0 Å². The number of hydrogen-bond donors (Lipinski definition) is 2. The van der Waals surface area contributed by atoms with Gasteiger partial charge in [-0.05, 0) is 37.3 Å². The summed E-state index contributed by atoms with van der Waals surface area (Å²) in [4.78, 5) is 4.06. The number of nitrogens with zero attached hydrogens (tertiary/aromatic N) is 1. The zero-order valence-electron chi connectivity index (χ0n) is 8.90. The fourth-order valence-electron chi connectivity index (χ4n) is 1.72. The number of aromatic nitrogens is 1. The van der Waals surface area contributed by atoms with Crippen LogP contribution in [-0.4, -0.2) is 11.0 Å². The van der Waals surface area contributed by atoms with Crippen LogP contribution in [0, 0.1) is 5.92 Å². The molecule has 78 valence electrons. The molecular formula is C11H19N3. The third kappa shape index (κ3) is 3.34. The lowest BCUT2D eigenvalue weighted by Gasteiger charge is -2.14. The van der Waals surface area contributed by atoms with Crippen molar-refractivity contribution in [2.75, 3.05) is 5.73 Å². The van der Waals surface area contributed by atoms with Crippen molar-refractivity contribution in [3.63, 3.8) is 0 Å². The van der Waals surface area contributed by atoms with Gasteiger partial charge in [0.15, 0.2) is 0 Å². The predicted molar refractivity (Wildman–Crippen MR) is 59.8 cm³/mol. The van der Waals surface area contributed by atoms with Crippen LogP contribution >= 0.6 is 0 Å². The van der Waals surface area contributed by atoms with Gasteiger partial charge in [-0.3, -0.25) is 0 Å². The van der Waals surface area contributed by atoms with E-state index in [-0.39, 0.29) is 6.04 Å². The molecule has 0 saturated heterocycles. The highest BCUT2D eigenvalue weighted by molar-refractivity contribution is 5.38. The molecule has 0 aliphatic rings. The second-order valence-corrected chi connectivity index (χ2v) is 4.07. The van der Waals surface area contributed by atoms with Gasteiger partial charge in [-0.2, -0.15) is 0 Å². The lowest BCUT2D eigenvalue weighted by Crippen LogP contribution is -2.19. The average molecular weight is 193 g/mol. The van der Waals surface area contributed by atoms with E-state index in [1.807, 2.05) is 19.1 Å². The minimum atomic E-state index is 0.253. The van der Waals surface area contributed by atoms with E-state index in [2.05, 4.69) is 11.9 Å². The molecule has 0 saturated carbocycles. The number of nitrogens with two attached hydrogens (primary N) is 2. The fourth-order valence-corrected chi connectivity index (χ4v) is 1.72. The Balaban J connectivity index is 2.56. The number of pyridine rings is 1. The van der Waals surface area contributed by atoms with E-state index in [4.69, 9.17) is 11.5 Å². The van der Waals surface area contributed by atoms with Crippen LogP contribution in [0.4, 0.5) is 5.82 Å². The smallest absolute Gasteiger partial charge is 0.126 e. The molecule has 2 atom stereocenters. The molecule has 14 heavy (non-hydrogen) atoms. The highest BCUT2D eigenvalue weighted by Gasteiger charge is 2.08. The standard InChI is InChI=1S/C11H19N3/c1-8(6-9(2)12)7-10-4-3-5-14-11(10)13/h3-5,8-9H,6-7,12H2,1-2H3,(H2,13,14). The van der Waals surface area contributed by atoms with Crippen molar-refractivity contribution in [1.82, 2.24) is 4.98 Å². The maximum Gasteiger partial charge on any atom is 0.126 e. The van der Waals surface area contributed by atoms with Crippen molar-refractivity contribution in [3.05, 3.63) is 23.9 Å². The maximum absolute atomic E-state index is 5.76. The van der Waals surface area contributed by atoms with Gasteiger partial charge < -0.3 is 11.5 Å². The Morgan fingerprint density at radius 3 is 2.71 bits per heavy atom. The first-order chi connectivity index (χ1) is 6.59. The minimum absolute atomic E-state index is 0.253. The summed E-state index contributed by atoms with van der Waals surface area (Å²) < 4.78 is 0. The van der Waals surface area contributed by atoms with E-state index in [0.717, 1.165) is 18.4 Å². The third-order valence-corrected chi connectivity index (χ3v) is 2.27. The van der Waals surface area contributed by atoms with Crippen molar-refractivity contribution in [2.45, 2.75) is 32.7 Å². The number of rotatable bonds is 4. The van der Waals surface area contributed by atoms with Crippen LogP contribution in [0.3, 0.4) is 0 Å². The molecule has 0 aromatic carbocycles. The van der Waals surface area contributed by atoms with Crippen LogP contribution in [-0.2, 0) is 6.42 Å². The summed E-state index contributed by atoms with van der Waals surface area (Å²) in [6, 6.07) is 4.20. The molecule has 0 aliphatic carbocycles. The zero-order chi connectivity index (χ0) is 10.6. The zero-order valence-corrected chi connectivity index (χ0v) is 8.90. The van der Waals surface area contributed by atoms with Crippen LogP contribution in [0.2, 0.25) is 0 Å². The van der Waals surface area contributed by atoms with Gasteiger partial charge in [0, 0.05) is 12.2 Å². The average Bonchev–Trinajstić information content (AvgIpc) is 2.07. The molecule has 0 amide bonds. The van der Waals surface area contributed by atoms with Gasteiger partial charge in [0.1, 0.15) is 5.82 Å². The van der Waals surface area contributed by atoms with E-state index in [9.17, 15) is 0 Å². The Kier molecular flexibility index (Phi) is 3.89. The highest BCUT2D eigenvalue weighted by Crippen LogP contribution is 2.16. The van der Waals surface area contributed by atoms with Gasteiger partial charge in [0.05, 0.1) is 0 Å². The first kappa shape index (κ1) is 11.0. The molecular weight excluding hydrogens is 174 g/mol. The highest BCUT2D eigenvalue weighted by atomic mass is 14.8. The Bertz CT molecular complexity index is 284. The Hall–Kier alpha value is -1.09. The van der Waals surface area contributed by atoms with Crippen molar-refractivity contribution in [3.8, 4) is 0 Å². The molecule has 0 fully saturated rings. The van der Waals surface area contributed by atoms with Gasteiger partial charge in [-0.15, -0.1) is 0 Å². The summed E-state index contributed by atoms with van der Waals surface area (Å²) in [5, 5.41) is 0. The molecule has 1 rings (SSSR count). The van der Waals surface area contributed by atoms with Crippen molar-refractivity contribution < 1.29 is 0 Å². The van der Waals surface area contributed by atoms with Crippen molar-refractivity contribution in [1.29, 1.82) is 0 Å². The van der Waals surface area contributed by atoms with Crippen LogP contribution < -0.4 is 11.5 Å². The van der Waals surface area contributed by atoms with E-state index < -0.39 is 0 Å². The van der Waals surface area contributed by atoms with E-state index >= 15 is 0 Å². The van der Waals surface area contributed by atoms with E-state index in [0.29, 0.717) is 11.7 Å². The second-order valence-electron chi connectivity index (χ2n) is 4.07. The Morgan fingerprint density at radius 1 is 1.43 bits per heavy atom. The van der Waals surface area contributed by atoms with Crippen LogP contribution in [0.5, 0.6) is 0 Å². The first-order valence-corrected chi connectivity index (χ1v) is 5.04. The second kappa shape index (κ2) is 4.96. The third-order valence-electron chi connectivity index (χ3n) is 2.27. The molecule has 0 bridgehead atoms. The van der Waals surface area contributed by atoms with Crippen LogP contribution in [0.15, 0.2) is 18.3 Å². The quantitative estimate of drug-likeness (QED) is 0.763. The molecule has 1 aromatic rings. The summed E-state index contributed by atoms with van der Waals surface area (Å²) in [5.74, 6) is 1.20. The van der Waals surface area contributed by atoms with Crippen molar-refractivity contribution >= 4 is 5.82 Å². The first-order valence-electron chi connectivity index (χ1n) is 5.04. The van der Waals surface area contributed by atoms with Crippen molar-refractivity contribution in [2.24, 2.45) is 11.7 Å². The van der Waals surface area contributed by atoms with Gasteiger partial charge in [0.25, 0.3) is 0 Å². The number of anilines is 1. The lowest BCUT2D eigenvalue weighted by molar-refractivity contribution is 0.480. The largest absolute Gasteiger partial charge is 0.383 e. The molecule has 1 heterocycles. The molecule has 3 nitrogen and oxygen atoms in total. The molecule has 4 N–H and O–H groups in total. The van der Waals surface area contributed by atoms with E-state index in [1.165, 1.54) is 0 Å². The number of nitrogen functional groups attached to an aromatic ring is 1. The van der Waals surface area contributed by atoms with Gasteiger partial charge in [0.2, 0.25) is 0 Å². The van der Waals surface area contributed by atoms with Gasteiger partial charge in [-0.1, -0.05) is 13.0 Å². The summed E-state index contributed by atoms with van der Waals surface area (Å²) in [5.41, 5.74) is 12.6.